The summed E-state index contributed by atoms with van der Waals surface area (Å²) in [5.41, 5.74) is 4.14. The number of ketones is 1. The molecular weight excluding hydrogens is 346 g/mol. The summed E-state index contributed by atoms with van der Waals surface area (Å²) in [5.74, 6) is -3.42. The Morgan fingerprint density at radius 3 is 2.30 bits per heavy atom. The van der Waals surface area contributed by atoms with Crippen molar-refractivity contribution in [2.24, 2.45) is 23.0 Å². The highest BCUT2D eigenvalue weighted by Gasteiger charge is 2.56. The minimum absolute atomic E-state index is 0.0828. The molecule has 0 aromatic rings. The van der Waals surface area contributed by atoms with Crippen LogP contribution >= 0.6 is 0 Å². The van der Waals surface area contributed by atoms with Gasteiger partial charge in [0, 0.05) is 12.3 Å². The summed E-state index contributed by atoms with van der Waals surface area (Å²) >= 11 is 0. The zero-order chi connectivity index (χ0) is 20.4. The van der Waals surface area contributed by atoms with Gasteiger partial charge in [0.15, 0.2) is 0 Å². The Kier molecular flexibility index (Phi) is 9.99. The molecule has 27 heavy (non-hydrogen) atoms. The highest BCUT2D eigenvalue weighted by atomic mass is 16.4. The van der Waals surface area contributed by atoms with Crippen LogP contribution in [0.1, 0.15) is 90.9 Å². The Labute approximate surface area is 162 Å². The van der Waals surface area contributed by atoms with Crippen LogP contribution in [0.15, 0.2) is 0 Å². The van der Waals surface area contributed by atoms with E-state index in [4.69, 9.17) is 5.73 Å². The van der Waals surface area contributed by atoms with E-state index < -0.39 is 35.2 Å². The van der Waals surface area contributed by atoms with Crippen LogP contribution in [0.25, 0.3) is 0 Å². The van der Waals surface area contributed by atoms with Gasteiger partial charge in [0.25, 0.3) is 0 Å². The molecule has 0 radical (unpaired) electrons. The Bertz CT molecular complexity index is 507. The lowest BCUT2D eigenvalue weighted by Crippen LogP contribution is -2.51. The van der Waals surface area contributed by atoms with Crippen LogP contribution in [-0.2, 0) is 14.4 Å². The molecule has 1 saturated carbocycles. The molecule has 1 aliphatic rings. The molecule has 0 aromatic carbocycles. The van der Waals surface area contributed by atoms with Crippen LogP contribution in [0.5, 0.6) is 0 Å². The van der Waals surface area contributed by atoms with Crippen molar-refractivity contribution in [2.45, 2.75) is 97.0 Å². The number of aliphatic hydroxyl groups excluding tert-OH is 1. The second kappa shape index (κ2) is 11.4. The van der Waals surface area contributed by atoms with Crippen molar-refractivity contribution >= 4 is 17.7 Å². The smallest absolute Gasteiger partial charge is 0.311 e. The van der Waals surface area contributed by atoms with Crippen LogP contribution in [0, 0.1) is 17.3 Å². The van der Waals surface area contributed by atoms with Gasteiger partial charge in [0.2, 0.25) is 5.91 Å². The number of nitrogens with two attached hydrogens (primary N) is 1. The first kappa shape index (κ1) is 23.6. The van der Waals surface area contributed by atoms with E-state index >= 15 is 0 Å². The van der Waals surface area contributed by atoms with E-state index in [0.29, 0.717) is 38.5 Å². The Hall–Kier alpha value is -1.43. The first-order valence-corrected chi connectivity index (χ1v) is 10.5. The number of carbonyl (C=O) groups is 3. The zero-order valence-electron chi connectivity index (χ0n) is 16.9. The normalized spacial score (nSPS) is 21.6. The Morgan fingerprint density at radius 2 is 1.81 bits per heavy atom. The van der Waals surface area contributed by atoms with Gasteiger partial charge in [-0.2, -0.15) is 0 Å². The summed E-state index contributed by atoms with van der Waals surface area (Å²) in [6.07, 6.45) is 6.68. The van der Waals surface area contributed by atoms with E-state index in [0.717, 1.165) is 25.7 Å². The molecular formula is C21H37NO5. The van der Waals surface area contributed by atoms with Crippen molar-refractivity contribution in [3.8, 4) is 0 Å². The fourth-order valence-electron chi connectivity index (χ4n) is 4.60. The number of hydrogen-bond acceptors (Lipinski definition) is 4. The first-order valence-electron chi connectivity index (χ1n) is 10.5. The molecule has 1 rings (SSSR count). The van der Waals surface area contributed by atoms with Crippen molar-refractivity contribution in [3.05, 3.63) is 0 Å². The van der Waals surface area contributed by atoms with Crippen molar-refractivity contribution in [2.75, 3.05) is 0 Å². The van der Waals surface area contributed by atoms with Gasteiger partial charge in [0.1, 0.15) is 5.78 Å². The topological polar surface area (TPSA) is 118 Å². The number of carbonyl (C=O) groups excluding carboxylic acids is 2. The molecule has 0 saturated heterocycles. The van der Waals surface area contributed by atoms with Crippen LogP contribution in [0.2, 0.25) is 0 Å². The fraction of sp³-hybridized carbons (Fsp3) is 0.857. The van der Waals surface area contributed by atoms with E-state index in [9.17, 15) is 24.6 Å². The molecule has 0 heterocycles. The predicted molar refractivity (Wildman–Crippen MR) is 104 cm³/mol. The molecule has 0 spiro atoms. The summed E-state index contributed by atoms with van der Waals surface area (Å²) in [7, 11) is 0. The number of Topliss-reactive ketones (excluding diaryl/α,β-unsaturated/α-hetero) is 1. The molecule has 4 atom stereocenters. The van der Waals surface area contributed by atoms with Gasteiger partial charge in [-0.05, 0) is 38.5 Å². The number of hydrogen-bond donors (Lipinski definition) is 3. The SMILES string of the molecule is CCCCCC(O)CCC(C(=O)O)(C(CCCC)C(N)=O)C1CCCC1=O. The lowest BCUT2D eigenvalue weighted by atomic mass is 9.61. The number of primary amides is 1. The number of aliphatic hydroxyl groups is 1. The average molecular weight is 384 g/mol. The third-order valence-corrected chi connectivity index (χ3v) is 6.17. The molecule has 0 bridgehead atoms. The summed E-state index contributed by atoms with van der Waals surface area (Å²) in [5, 5.41) is 20.5. The number of carboxylic acids is 1. The predicted octanol–water partition coefficient (Wildman–Crippen LogP) is 3.44. The monoisotopic (exact) mass is 383 g/mol. The number of carboxylic acid groups (broad SMARTS) is 1. The van der Waals surface area contributed by atoms with E-state index in [1.165, 1.54) is 0 Å². The van der Waals surface area contributed by atoms with E-state index in [1.54, 1.807) is 0 Å². The lowest BCUT2D eigenvalue weighted by molar-refractivity contribution is -0.165. The molecule has 156 valence electrons. The van der Waals surface area contributed by atoms with Crippen molar-refractivity contribution in [3.63, 3.8) is 0 Å². The zero-order valence-corrected chi connectivity index (χ0v) is 16.9. The van der Waals surface area contributed by atoms with Gasteiger partial charge >= 0.3 is 5.97 Å². The second-order valence-electron chi connectivity index (χ2n) is 8.04. The third kappa shape index (κ3) is 6.03. The molecule has 4 unspecified atom stereocenters. The molecule has 0 aromatic heterocycles. The van der Waals surface area contributed by atoms with E-state index in [1.807, 2.05) is 6.92 Å². The Balaban J connectivity index is 3.13. The number of amides is 1. The second-order valence-corrected chi connectivity index (χ2v) is 8.04. The standard InChI is InChI=1S/C21H37NO5/c1-3-5-7-9-15(23)13-14-21(20(26)27,16-11-8-12-18(16)24)17(19(22)25)10-6-4-2/h15-17,23H,3-14H2,1-2H3,(H2,22,25)(H,26,27). The summed E-state index contributed by atoms with van der Waals surface area (Å²) in [6.45, 7) is 4.05. The van der Waals surface area contributed by atoms with Crippen LogP contribution in [0.4, 0.5) is 0 Å². The van der Waals surface area contributed by atoms with Gasteiger partial charge in [-0.25, -0.2) is 0 Å². The van der Waals surface area contributed by atoms with E-state index in [2.05, 4.69) is 6.92 Å². The van der Waals surface area contributed by atoms with Crippen LogP contribution in [-0.4, -0.2) is 34.0 Å². The van der Waals surface area contributed by atoms with Crippen molar-refractivity contribution < 1.29 is 24.6 Å². The molecule has 1 fully saturated rings. The minimum atomic E-state index is -1.50. The van der Waals surface area contributed by atoms with E-state index in [-0.39, 0.29) is 18.6 Å². The van der Waals surface area contributed by atoms with Crippen LogP contribution in [0.3, 0.4) is 0 Å². The summed E-state index contributed by atoms with van der Waals surface area (Å²) in [6, 6.07) is 0. The number of rotatable bonds is 14. The maximum Gasteiger partial charge on any atom is 0.311 e. The van der Waals surface area contributed by atoms with Gasteiger partial charge in [-0.15, -0.1) is 0 Å². The fourth-order valence-corrected chi connectivity index (χ4v) is 4.60. The van der Waals surface area contributed by atoms with Gasteiger partial charge < -0.3 is 15.9 Å². The van der Waals surface area contributed by atoms with Crippen molar-refractivity contribution in [1.29, 1.82) is 0 Å². The largest absolute Gasteiger partial charge is 0.481 e. The number of aliphatic carboxylic acids is 1. The summed E-state index contributed by atoms with van der Waals surface area (Å²) in [4.78, 5) is 37.3. The first-order chi connectivity index (χ1) is 12.8. The highest BCUT2D eigenvalue weighted by molar-refractivity contribution is 5.94. The van der Waals surface area contributed by atoms with Crippen LogP contribution < -0.4 is 5.73 Å². The molecule has 1 amide bonds. The molecule has 6 nitrogen and oxygen atoms in total. The maximum absolute atomic E-state index is 12.5. The number of unbranched alkanes of at least 4 members (excludes halogenated alkanes) is 3. The minimum Gasteiger partial charge on any atom is -0.481 e. The van der Waals surface area contributed by atoms with Gasteiger partial charge in [0.05, 0.1) is 17.4 Å². The molecule has 4 N–H and O–H groups in total. The summed E-state index contributed by atoms with van der Waals surface area (Å²) < 4.78 is 0. The molecule has 6 heteroatoms. The molecule has 1 aliphatic carbocycles. The highest BCUT2D eigenvalue weighted by Crippen LogP contribution is 2.49. The maximum atomic E-state index is 12.5. The lowest BCUT2D eigenvalue weighted by Gasteiger charge is -2.40. The quantitative estimate of drug-likeness (QED) is 0.397. The Morgan fingerprint density at radius 1 is 1.15 bits per heavy atom. The molecule has 0 aliphatic heterocycles. The third-order valence-electron chi connectivity index (χ3n) is 6.17. The van der Waals surface area contributed by atoms with Gasteiger partial charge in [-0.3, -0.25) is 14.4 Å². The van der Waals surface area contributed by atoms with Gasteiger partial charge in [-0.1, -0.05) is 46.0 Å². The average Bonchev–Trinajstić information content (AvgIpc) is 3.04. The van der Waals surface area contributed by atoms with Crippen molar-refractivity contribution in [1.82, 2.24) is 0 Å².